The van der Waals surface area contributed by atoms with Crippen LogP contribution in [0.4, 0.5) is 11.4 Å². The van der Waals surface area contributed by atoms with Crippen molar-refractivity contribution < 1.29 is 9.59 Å². The van der Waals surface area contributed by atoms with E-state index in [-0.39, 0.29) is 24.3 Å². The quantitative estimate of drug-likeness (QED) is 0.882. The zero-order chi connectivity index (χ0) is 16.4. The van der Waals surface area contributed by atoms with Gasteiger partial charge < -0.3 is 10.2 Å². The largest absolute Gasteiger partial charge is 0.376 e. The lowest BCUT2D eigenvalue weighted by atomic mass is 10.1. The fourth-order valence-corrected chi connectivity index (χ4v) is 3.15. The summed E-state index contributed by atoms with van der Waals surface area (Å²) in [5.41, 5.74) is 3.51. The highest BCUT2D eigenvalue weighted by molar-refractivity contribution is 6.02. The fourth-order valence-electron chi connectivity index (χ4n) is 3.15. The van der Waals surface area contributed by atoms with Crippen LogP contribution in [-0.2, 0) is 11.2 Å². The summed E-state index contributed by atoms with van der Waals surface area (Å²) in [4.78, 5) is 26.1. The molecule has 0 aliphatic carbocycles. The molecule has 1 heterocycles. The van der Waals surface area contributed by atoms with Crippen LogP contribution in [0.2, 0.25) is 0 Å². The van der Waals surface area contributed by atoms with Crippen molar-refractivity contribution in [1.82, 2.24) is 0 Å². The van der Waals surface area contributed by atoms with E-state index >= 15 is 0 Å². The van der Waals surface area contributed by atoms with Gasteiger partial charge in [0.15, 0.2) is 5.78 Å². The first-order valence-electron chi connectivity index (χ1n) is 7.81. The number of Topliss-reactive ketones (excluding diaryl/α,β-unsaturated/α-hetero) is 1. The van der Waals surface area contributed by atoms with Gasteiger partial charge in [0.1, 0.15) is 0 Å². The molecule has 4 heteroatoms. The van der Waals surface area contributed by atoms with Gasteiger partial charge in [0.25, 0.3) is 0 Å². The van der Waals surface area contributed by atoms with Crippen LogP contribution in [-0.4, -0.2) is 24.3 Å². The van der Waals surface area contributed by atoms with E-state index < -0.39 is 0 Å². The summed E-state index contributed by atoms with van der Waals surface area (Å²) < 4.78 is 0. The van der Waals surface area contributed by atoms with E-state index in [9.17, 15) is 9.59 Å². The molecular formula is C19H20N2O2. The maximum Gasteiger partial charge on any atom is 0.246 e. The number of rotatable bonds is 4. The molecule has 3 rings (SSSR count). The lowest BCUT2D eigenvalue weighted by Gasteiger charge is -2.23. The number of carbonyl (C=O) groups is 2. The van der Waals surface area contributed by atoms with Crippen molar-refractivity contribution in [3.8, 4) is 0 Å². The molecule has 1 amide bonds. The van der Waals surface area contributed by atoms with Gasteiger partial charge in [-0.25, -0.2) is 0 Å². The Balaban J connectivity index is 1.75. The molecule has 23 heavy (non-hydrogen) atoms. The number of anilines is 2. The number of amides is 1. The number of ketones is 1. The second-order valence-electron chi connectivity index (χ2n) is 5.90. The third kappa shape index (κ3) is 2.97. The smallest absolute Gasteiger partial charge is 0.246 e. The molecule has 0 spiro atoms. The number of nitrogens with zero attached hydrogens (tertiary/aromatic N) is 1. The maximum atomic E-state index is 12.7. The van der Waals surface area contributed by atoms with Crippen molar-refractivity contribution in [2.45, 2.75) is 26.3 Å². The van der Waals surface area contributed by atoms with Gasteiger partial charge in [0, 0.05) is 23.0 Å². The normalized spacial score (nSPS) is 16.1. The number of fused-ring (bicyclic) bond motifs is 1. The number of hydrogen-bond acceptors (Lipinski definition) is 3. The van der Waals surface area contributed by atoms with Gasteiger partial charge in [-0.3, -0.25) is 9.59 Å². The molecule has 2 aromatic rings. The number of para-hydroxylation sites is 2. The first-order chi connectivity index (χ1) is 11.1. The first-order valence-corrected chi connectivity index (χ1v) is 7.81. The minimum absolute atomic E-state index is 0.0135. The molecule has 0 saturated carbocycles. The Bertz CT molecular complexity index is 755. The third-order valence-corrected chi connectivity index (χ3v) is 4.21. The van der Waals surface area contributed by atoms with Gasteiger partial charge in [0.2, 0.25) is 5.91 Å². The molecule has 0 saturated heterocycles. The van der Waals surface area contributed by atoms with E-state index in [1.54, 1.807) is 6.07 Å². The molecular weight excluding hydrogens is 288 g/mol. The van der Waals surface area contributed by atoms with E-state index in [0.29, 0.717) is 11.3 Å². The van der Waals surface area contributed by atoms with E-state index in [1.165, 1.54) is 12.5 Å². The SMILES string of the molecule is CC(=O)c1ccccc1NCC(=O)N1c2ccccc2C[C@@H]1C. The average Bonchev–Trinajstić information content (AvgIpc) is 2.88. The first kappa shape index (κ1) is 15.3. The van der Waals surface area contributed by atoms with Crippen LogP contribution in [0.15, 0.2) is 48.5 Å². The second-order valence-corrected chi connectivity index (χ2v) is 5.90. The van der Waals surface area contributed by atoms with Crippen LogP contribution in [0, 0.1) is 0 Å². The van der Waals surface area contributed by atoms with E-state index in [4.69, 9.17) is 0 Å². The molecule has 0 aromatic heterocycles. The predicted molar refractivity (Wildman–Crippen MR) is 92.0 cm³/mol. The van der Waals surface area contributed by atoms with Gasteiger partial charge in [0.05, 0.1) is 6.54 Å². The van der Waals surface area contributed by atoms with Crippen molar-refractivity contribution in [1.29, 1.82) is 0 Å². The molecule has 0 fully saturated rings. The van der Waals surface area contributed by atoms with E-state index in [2.05, 4.69) is 18.3 Å². The molecule has 2 aromatic carbocycles. The van der Waals surface area contributed by atoms with E-state index in [1.807, 2.05) is 41.3 Å². The molecule has 1 aliphatic heterocycles. The highest BCUT2D eigenvalue weighted by Gasteiger charge is 2.30. The summed E-state index contributed by atoms with van der Waals surface area (Å²) in [7, 11) is 0. The Kier molecular flexibility index (Phi) is 4.15. The van der Waals surface area contributed by atoms with Crippen molar-refractivity contribution in [3.05, 3.63) is 59.7 Å². The van der Waals surface area contributed by atoms with Crippen molar-refractivity contribution in [2.24, 2.45) is 0 Å². The maximum absolute atomic E-state index is 12.7. The van der Waals surface area contributed by atoms with Crippen LogP contribution in [0.5, 0.6) is 0 Å². The summed E-state index contributed by atoms with van der Waals surface area (Å²) in [5, 5.41) is 3.11. The summed E-state index contributed by atoms with van der Waals surface area (Å²) >= 11 is 0. The van der Waals surface area contributed by atoms with E-state index in [0.717, 1.165) is 12.1 Å². The number of benzene rings is 2. The van der Waals surface area contributed by atoms with Gasteiger partial charge >= 0.3 is 0 Å². The lowest BCUT2D eigenvalue weighted by Crippen LogP contribution is -2.39. The minimum atomic E-state index is -0.0135. The molecule has 1 N–H and O–H groups in total. The Morgan fingerprint density at radius 3 is 2.61 bits per heavy atom. The van der Waals surface area contributed by atoms with Crippen LogP contribution in [0.3, 0.4) is 0 Å². The number of nitrogens with one attached hydrogen (secondary N) is 1. The van der Waals surface area contributed by atoms with Crippen LogP contribution < -0.4 is 10.2 Å². The number of hydrogen-bond donors (Lipinski definition) is 1. The third-order valence-electron chi connectivity index (χ3n) is 4.21. The summed E-state index contributed by atoms with van der Waals surface area (Å²) in [6.45, 7) is 3.76. The summed E-state index contributed by atoms with van der Waals surface area (Å²) in [5.74, 6) is 0.00115. The van der Waals surface area contributed by atoms with Crippen LogP contribution in [0.1, 0.15) is 29.8 Å². The topological polar surface area (TPSA) is 49.4 Å². The second kappa shape index (κ2) is 6.24. The molecule has 0 radical (unpaired) electrons. The van der Waals surface area contributed by atoms with Gasteiger partial charge in [-0.1, -0.05) is 30.3 Å². The Labute approximate surface area is 136 Å². The van der Waals surface area contributed by atoms with Crippen molar-refractivity contribution >= 4 is 23.1 Å². The van der Waals surface area contributed by atoms with Crippen LogP contribution in [0.25, 0.3) is 0 Å². The van der Waals surface area contributed by atoms with Gasteiger partial charge in [-0.2, -0.15) is 0 Å². The molecule has 0 unspecified atom stereocenters. The predicted octanol–water partition coefficient (Wildman–Crippen LogP) is 3.28. The number of carbonyl (C=O) groups excluding carboxylic acids is 2. The van der Waals surface area contributed by atoms with Crippen LogP contribution >= 0.6 is 0 Å². The monoisotopic (exact) mass is 308 g/mol. The molecule has 1 atom stereocenters. The highest BCUT2D eigenvalue weighted by Crippen LogP contribution is 2.31. The Morgan fingerprint density at radius 2 is 1.83 bits per heavy atom. The minimum Gasteiger partial charge on any atom is -0.376 e. The summed E-state index contributed by atoms with van der Waals surface area (Å²) in [6, 6.07) is 15.4. The lowest BCUT2D eigenvalue weighted by molar-refractivity contribution is -0.117. The van der Waals surface area contributed by atoms with Crippen molar-refractivity contribution in [2.75, 3.05) is 16.8 Å². The standard InChI is InChI=1S/C19H20N2O2/c1-13-11-15-7-3-6-10-18(15)21(13)19(23)12-20-17-9-5-4-8-16(17)14(2)22/h3-10,13,20H,11-12H2,1-2H3/t13-/m0/s1. The molecule has 1 aliphatic rings. The summed E-state index contributed by atoms with van der Waals surface area (Å²) in [6.07, 6.45) is 0.881. The molecule has 0 bridgehead atoms. The fraction of sp³-hybridized carbons (Fsp3) is 0.263. The Morgan fingerprint density at radius 1 is 1.13 bits per heavy atom. The van der Waals surface area contributed by atoms with Gasteiger partial charge in [-0.15, -0.1) is 0 Å². The molecule has 4 nitrogen and oxygen atoms in total. The average molecular weight is 308 g/mol. The zero-order valence-electron chi connectivity index (χ0n) is 13.4. The van der Waals surface area contributed by atoms with Gasteiger partial charge in [-0.05, 0) is 44.0 Å². The Hall–Kier alpha value is -2.62. The molecule has 118 valence electrons. The highest BCUT2D eigenvalue weighted by atomic mass is 16.2. The zero-order valence-corrected chi connectivity index (χ0v) is 13.4. The van der Waals surface area contributed by atoms with Crippen molar-refractivity contribution in [3.63, 3.8) is 0 Å².